The van der Waals surface area contributed by atoms with Gasteiger partial charge in [-0.25, -0.2) is 4.79 Å². The molecular formula is C7H13NO2. The first-order valence-electron chi connectivity index (χ1n) is 3.38. The van der Waals surface area contributed by atoms with Crippen molar-refractivity contribution in [3.8, 4) is 0 Å². The number of hydrogen-bond acceptors (Lipinski definition) is 3. The van der Waals surface area contributed by atoms with Crippen molar-refractivity contribution in [3.05, 3.63) is 0 Å². The molecule has 0 aromatic heterocycles. The lowest BCUT2D eigenvalue weighted by atomic mass is 10.2. The van der Waals surface area contributed by atoms with E-state index in [1.165, 1.54) is 0 Å². The zero-order chi connectivity index (χ0) is 7.98. The van der Waals surface area contributed by atoms with E-state index < -0.39 is 0 Å². The lowest BCUT2D eigenvalue weighted by Gasteiger charge is -2.06. The molecule has 1 unspecified atom stereocenters. The first kappa shape index (κ1) is 9.14. The fraction of sp³-hybridized carbons (Fsp3) is 0.714. The average molecular weight is 143 g/mol. The molecule has 3 nitrogen and oxygen atoms in total. The first-order chi connectivity index (χ1) is 4.76. The van der Waals surface area contributed by atoms with Crippen LogP contribution < -0.4 is 0 Å². The summed E-state index contributed by atoms with van der Waals surface area (Å²) in [6.45, 7) is 7.33. The Hall–Kier alpha value is -0.860. The molecule has 0 aliphatic carbocycles. The van der Waals surface area contributed by atoms with Gasteiger partial charge in [-0.2, -0.15) is 0 Å². The van der Waals surface area contributed by atoms with Crippen molar-refractivity contribution >= 4 is 12.7 Å². The van der Waals surface area contributed by atoms with Crippen LogP contribution in [0.25, 0.3) is 0 Å². The van der Waals surface area contributed by atoms with Crippen molar-refractivity contribution in [2.75, 3.05) is 6.61 Å². The van der Waals surface area contributed by atoms with Crippen molar-refractivity contribution in [2.24, 2.45) is 4.99 Å². The Balaban J connectivity index is 3.76. The fourth-order valence-corrected chi connectivity index (χ4v) is 0.609. The summed E-state index contributed by atoms with van der Waals surface area (Å²) in [4.78, 5) is 14.4. The Bertz CT molecular complexity index is 123. The predicted octanol–water partition coefficient (Wildman–Crippen LogP) is 1.03. The minimum Gasteiger partial charge on any atom is -0.464 e. The van der Waals surface area contributed by atoms with E-state index in [0.717, 1.165) is 0 Å². The smallest absolute Gasteiger partial charge is 0.330 e. The monoisotopic (exact) mass is 143 g/mol. The molecule has 3 heteroatoms. The maximum Gasteiger partial charge on any atom is 0.330 e. The molecule has 10 heavy (non-hydrogen) atoms. The standard InChI is InChI=1S/C7H13NO2/c1-4-6(8-3)7(9)10-5-2/h6H,3-5H2,1-2H3. The number of hydrogen-bond donors (Lipinski definition) is 0. The molecule has 0 saturated heterocycles. The molecular weight excluding hydrogens is 130 g/mol. The Kier molecular flexibility index (Phi) is 4.54. The second kappa shape index (κ2) is 4.97. The van der Waals surface area contributed by atoms with Gasteiger partial charge in [-0.15, -0.1) is 0 Å². The van der Waals surface area contributed by atoms with Gasteiger partial charge in [-0.1, -0.05) is 6.92 Å². The van der Waals surface area contributed by atoms with Crippen LogP contribution in [0.3, 0.4) is 0 Å². The molecule has 0 heterocycles. The molecule has 58 valence electrons. The van der Waals surface area contributed by atoms with Crippen LogP contribution in [0, 0.1) is 0 Å². The van der Waals surface area contributed by atoms with E-state index in [9.17, 15) is 4.79 Å². The molecule has 0 N–H and O–H groups in total. The molecule has 0 radical (unpaired) electrons. The van der Waals surface area contributed by atoms with E-state index in [1.54, 1.807) is 6.92 Å². The molecule has 0 aromatic carbocycles. The summed E-state index contributed by atoms with van der Waals surface area (Å²) in [5.74, 6) is -0.278. The van der Waals surface area contributed by atoms with Gasteiger partial charge in [0, 0.05) is 0 Å². The molecule has 0 bridgehead atoms. The first-order valence-corrected chi connectivity index (χ1v) is 3.38. The molecule has 0 aromatic rings. The fourth-order valence-electron chi connectivity index (χ4n) is 0.609. The SMILES string of the molecule is C=NC(CC)C(=O)OCC. The molecule has 0 amide bonds. The highest BCUT2D eigenvalue weighted by Gasteiger charge is 2.13. The summed E-state index contributed by atoms with van der Waals surface area (Å²) in [6, 6.07) is -0.375. The number of nitrogens with zero attached hydrogens (tertiary/aromatic N) is 1. The van der Waals surface area contributed by atoms with E-state index in [1.807, 2.05) is 6.92 Å². The maximum absolute atomic E-state index is 10.8. The second-order valence-corrected chi connectivity index (χ2v) is 1.86. The Labute approximate surface area is 61.1 Å². The van der Waals surface area contributed by atoms with Crippen LogP contribution in [0.4, 0.5) is 0 Å². The minimum atomic E-state index is -0.375. The molecule has 0 fully saturated rings. The van der Waals surface area contributed by atoms with Crippen LogP contribution in [0.15, 0.2) is 4.99 Å². The summed E-state index contributed by atoms with van der Waals surface area (Å²) in [5.41, 5.74) is 0. The summed E-state index contributed by atoms with van der Waals surface area (Å²) >= 11 is 0. The summed E-state index contributed by atoms with van der Waals surface area (Å²) in [6.07, 6.45) is 0.655. The van der Waals surface area contributed by atoms with Gasteiger partial charge in [-0.05, 0) is 20.1 Å². The predicted molar refractivity (Wildman–Crippen MR) is 40.3 cm³/mol. The zero-order valence-corrected chi connectivity index (χ0v) is 6.46. The van der Waals surface area contributed by atoms with Gasteiger partial charge in [0.2, 0.25) is 0 Å². The van der Waals surface area contributed by atoms with E-state index in [0.29, 0.717) is 13.0 Å². The van der Waals surface area contributed by atoms with E-state index >= 15 is 0 Å². The third-order valence-electron chi connectivity index (χ3n) is 1.17. The third kappa shape index (κ3) is 2.62. The lowest BCUT2D eigenvalue weighted by Crippen LogP contribution is -2.20. The van der Waals surface area contributed by atoms with E-state index in [-0.39, 0.29) is 12.0 Å². The minimum absolute atomic E-state index is 0.278. The average Bonchev–Trinajstić information content (AvgIpc) is 1.91. The van der Waals surface area contributed by atoms with Crippen LogP contribution in [0.5, 0.6) is 0 Å². The van der Waals surface area contributed by atoms with Gasteiger partial charge in [0.05, 0.1) is 6.61 Å². The van der Waals surface area contributed by atoms with Crippen LogP contribution in [-0.4, -0.2) is 25.3 Å². The normalized spacial score (nSPS) is 12.2. The summed E-state index contributed by atoms with van der Waals surface area (Å²) in [7, 11) is 0. The summed E-state index contributed by atoms with van der Waals surface area (Å²) in [5, 5.41) is 0. The van der Waals surface area contributed by atoms with Crippen LogP contribution >= 0.6 is 0 Å². The Morgan fingerprint density at radius 3 is 2.60 bits per heavy atom. The quantitative estimate of drug-likeness (QED) is 0.435. The number of rotatable bonds is 4. The highest BCUT2D eigenvalue weighted by molar-refractivity contribution is 5.76. The molecule has 0 spiro atoms. The third-order valence-corrected chi connectivity index (χ3v) is 1.17. The van der Waals surface area contributed by atoms with Gasteiger partial charge in [0.25, 0.3) is 0 Å². The van der Waals surface area contributed by atoms with Crippen LogP contribution in [-0.2, 0) is 9.53 Å². The van der Waals surface area contributed by atoms with Crippen molar-refractivity contribution in [2.45, 2.75) is 26.3 Å². The van der Waals surface area contributed by atoms with Crippen molar-refractivity contribution in [1.82, 2.24) is 0 Å². The van der Waals surface area contributed by atoms with Gasteiger partial charge in [-0.3, -0.25) is 4.99 Å². The van der Waals surface area contributed by atoms with E-state index in [4.69, 9.17) is 4.74 Å². The summed E-state index contributed by atoms with van der Waals surface area (Å²) < 4.78 is 4.71. The molecule has 0 saturated carbocycles. The van der Waals surface area contributed by atoms with E-state index in [2.05, 4.69) is 11.7 Å². The maximum atomic E-state index is 10.8. The topological polar surface area (TPSA) is 38.7 Å². The molecule has 0 aliphatic heterocycles. The molecule has 0 rings (SSSR count). The Morgan fingerprint density at radius 1 is 1.70 bits per heavy atom. The van der Waals surface area contributed by atoms with Crippen LogP contribution in [0.2, 0.25) is 0 Å². The number of esters is 1. The van der Waals surface area contributed by atoms with Gasteiger partial charge in [0.15, 0.2) is 0 Å². The number of carbonyl (C=O) groups is 1. The van der Waals surface area contributed by atoms with Crippen molar-refractivity contribution in [3.63, 3.8) is 0 Å². The van der Waals surface area contributed by atoms with Gasteiger partial charge >= 0.3 is 5.97 Å². The highest BCUT2D eigenvalue weighted by Crippen LogP contribution is 1.98. The highest BCUT2D eigenvalue weighted by atomic mass is 16.5. The van der Waals surface area contributed by atoms with Gasteiger partial charge in [0.1, 0.15) is 6.04 Å². The zero-order valence-electron chi connectivity index (χ0n) is 6.46. The lowest BCUT2D eigenvalue weighted by molar-refractivity contribution is -0.144. The van der Waals surface area contributed by atoms with Crippen molar-refractivity contribution in [1.29, 1.82) is 0 Å². The van der Waals surface area contributed by atoms with Crippen molar-refractivity contribution < 1.29 is 9.53 Å². The molecule has 0 aliphatic rings. The number of aliphatic imine (C=N–C) groups is 1. The number of carbonyl (C=O) groups excluding carboxylic acids is 1. The Morgan fingerprint density at radius 2 is 2.30 bits per heavy atom. The second-order valence-electron chi connectivity index (χ2n) is 1.86. The van der Waals surface area contributed by atoms with Gasteiger partial charge < -0.3 is 4.74 Å². The largest absolute Gasteiger partial charge is 0.464 e. The number of ether oxygens (including phenoxy) is 1. The molecule has 1 atom stereocenters. The van der Waals surface area contributed by atoms with Crippen LogP contribution in [0.1, 0.15) is 20.3 Å².